The Balaban J connectivity index is 1.91. The van der Waals surface area contributed by atoms with Gasteiger partial charge >= 0.3 is 0 Å². The number of hydrogen-bond acceptors (Lipinski definition) is 8. The van der Waals surface area contributed by atoms with Crippen molar-refractivity contribution in [1.29, 1.82) is 0 Å². The molecule has 0 radical (unpaired) electrons. The average Bonchev–Trinajstić information content (AvgIpc) is 2.68. The lowest BCUT2D eigenvalue weighted by atomic mass is 10.2. The maximum atomic E-state index is 9.78. The minimum atomic E-state index is 0.151. The molecule has 0 spiro atoms. The highest BCUT2D eigenvalue weighted by molar-refractivity contribution is 5.91. The Kier molecular flexibility index (Phi) is 4.32. The first-order valence-electron chi connectivity index (χ1n) is 8.22. The molecule has 2 aromatic heterocycles. The molecule has 26 heavy (non-hydrogen) atoms. The molecular formula is C18H17N5O3. The van der Waals surface area contributed by atoms with E-state index in [-0.39, 0.29) is 5.75 Å². The normalized spacial score (nSPS) is 15.0. The van der Waals surface area contributed by atoms with Crippen LogP contribution >= 0.6 is 0 Å². The molecule has 1 aliphatic rings. The lowest BCUT2D eigenvalue weighted by molar-refractivity contribution is 0.122. The van der Waals surface area contributed by atoms with Crippen LogP contribution in [0.1, 0.15) is 5.56 Å². The number of benzene rings is 1. The monoisotopic (exact) mass is 351 g/mol. The largest absolute Gasteiger partial charge is 0.508 e. The fourth-order valence-corrected chi connectivity index (χ4v) is 2.93. The van der Waals surface area contributed by atoms with Crippen LogP contribution in [0.2, 0.25) is 0 Å². The van der Waals surface area contributed by atoms with Crippen LogP contribution in [0, 0.1) is 0 Å². The van der Waals surface area contributed by atoms with Gasteiger partial charge in [0.05, 0.1) is 24.9 Å². The van der Waals surface area contributed by atoms with E-state index >= 15 is 0 Å². The molecule has 0 unspecified atom stereocenters. The summed E-state index contributed by atoms with van der Waals surface area (Å²) in [5.74, 6) is 1.37. The molecule has 2 N–H and O–H groups in total. The van der Waals surface area contributed by atoms with Crippen LogP contribution in [0.3, 0.4) is 0 Å². The fourth-order valence-electron chi connectivity index (χ4n) is 2.93. The van der Waals surface area contributed by atoms with Gasteiger partial charge < -0.3 is 20.0 Å². The van der Waals surface area contributed by atoms with Gasteiger partial charge in [0.2, 0.25) is 0 Å². The summed E-state index contributed by atoms with van der Waals surface area (Å²) in [4.78, 5) is 15.9. The minimum Gasteiger partial charge on any atom is -0.508 e. The Labute approximate surface area is 149 Å². The number of nitrogens with zero attached hydrogens (tertiary/aromatic N) is 5. The molecule has 0 aliphatic carbocycles. The van der Waals surface area contributed by atoms with E-state index in [1.165, 1.54) is 6.21 Å². The molecule has 1 aliphatic heterocycles. The Morgan fingerprint density at radius 1 is 1.15 bits per heavy atom. The zero-order valence-electron chi connectivity index (χ0n) is 13.9. The number of aromatic nitrogens is 3. The van der Waals surface area contributed by atoms with Crippen LogP contribution in [0.4, 0.5) is 5.82 Å². The van der Waals surface area contributed by atoms with Gasteiger partial charge in [-0.25, -0.2) is 9.97 Å². The topological polar surface area (TPSA) is 104 Å². The summed E-state index contributed by atoms with van der Waals surface area (Å²) in [6.07, 6.45) is 2.92. The molecule has 8 nitrogen and oxygen atoms in total. The predicted octanol–water partition coefficient (Wildman–Crippen LogP) is 2.04. The van der Waals surface area contributed by atoms with E-state index < -0.39 is 0 Å². The molecule has 0 atom stereocenters. The Morgan fingerprint density at radius 3 is 2.77 bits per heavy atom. The highest BCUT2D eigenvalue weighted by Gasteiger charge is 2.19. The van der Waals surface area contributed by atoms with Gasteiger partial charge in [-0.05, 0) is 18.2 Å². The molecule has 3 heterocycles. The van der Waals surface area contributed by atoms with Crippen molar-refractivity contribution >= 4 is 23.1 Å². The molecule has 1 aromatic carbocycles. The summed E-state index contributed by atoms with van der Waals surface area (Å²) in [6.45, 7) is 2.69. The second kappa shape index (κ2) is 6.93. The van der Waals surface area contributed by atoms with Crippen LogP contribution in [0.5, 0.6) is 5.75 Å². The van der Waals surface area contributed by atoms with Crippen molar-refractivity contribution in [2.45, 2.75) is 0 Å². The number of phenolic OH excluding ortho intramolecular Hbond substituents is 1. The van der Waals surface area contributed by atoms with E-state index in [0.717, 1.165) is 5.82 Å². The number of pyridine rings is 1. The molecule has 0 amide bonds. The highest BCUT2D eigenvalue weighted by Crippen LogP contribution is 2.28. The van der Waals surface area contributed by atoms with E-state index in [1.54, 1.807) is 30.5 Å². The second-order valence-corrected chi connectivity index (χ2v) is 5.90. The van der Waals surface area contributed by atoms with E-state index in [2.05, 4.69) is 20.0 Å². The first kappa shape index (κ1) is 16.2. The molecule has 3 aromatic rings. The van der Waals surface area contributed by atoms with Gasteiger partial charge in [0, 0.05) is 30.4 Å². The van der Waals surface area contributed by atoms with Crippen molar-refractivity contribution in [1.82, 2.24) is 15.0 Å². The quantitative estimate of drug-likeness (QED) is 0.423. The summed E-state index contributed by atoms with van der Waals surface area (Å²) >= 11 is 0. The number of ether oxygens (including phenoxy) is 1. The number of oxime groups is 1. The van der Waals surface area contributed by atoms with Crippen molar-refractivity contribution in [2.75, 3.05) is 31.2 Å². The number of hydrogen-bond donors (Lipinski definition) is 2. The molecule has 0 saturated carbocycles. The predicted molar refractivity (Wildman–Crippen MR) is 96.8 cm³/mol. The van der Waals surface area contributed by atoms with Crippen molar-refractivity contribution in [3.63, 3.8) is 0 Å². The first-order chi connectivity index (χ1) is 12.7. The lowest BCUT2D eigenvalue weighted by Crippen LogP contribution is -2.37. The fraction of sp³-hybridized carbons (Fsp3) is 0.222. The molecule has 4 rings (SSSR count). The molecule has 132 valence electrons. The van der Waals surface area contributed by atoms with Crippen molar-refractivity contribution in [3.05, 3.63) is 42.1 Å². The SMILES string of the molecule is O/N=C\c1cnc2c(N3CCOCC3)nc(-c3cccc(O)c3)nc2c1. The maximum Gasteiger partial charge on any atom is 0.162 e. The zero-order valence-corrected chi connectivity index (χ0v) is 13.9. The van der Waals surface area contributed by atoms with Crippen molar-refractivity contribution in [3.8, 4) is 17.1 Å². The average molecular weight is 351 g/mol. The molecular weight excluding hydrogens is 334 g/mol. The zero-order chi connectivity index (χ0) is 17.9. The van der Waals surface area contributed by atoms with Crippen molar-refractivity contribution in [2.24, 2.45) is 5.16 Å². The van der Waals surface area contributed by atoms with E-state index in [4.69, 9.17) is 14.9 Å². The summed E-state index contributed by atoms with van der Waals surface area (Å²) < 4.78 is 5.43. The van der Waals surface area contributed by atoms with Gasteiger partial charge in [0.1, 0.15) is 11.3 Å². The van der Waals surface area contributed by atoms with Gasteiger partial charge in [0.15, 0.2) is 11.6 Å². The van der Waals surface area contributed by atoms with Gasteiger partial charge in [0.25, 0.3) is 0 Å². The number of phenols is 1. The summed E-state index contributed by atoms with van der Waals surface area (Å²) in [5.41, 5.74) is 2.65. The summed E-state index contributed by atoms with van der Waals surface area (Å²) in [5, 5.41) is 21.6. The molecule has 1 fully saturated rings. The minimum absolute atomic E-state index is 0.151. The number of fused-ring (bicyclic) bond motifs is 1. The smallest absolute Gasteiger partial charge is 0.162 e. The van der Waals surface area contributed by atoms with E-state index in [9.17, 15) is 5.11 Å². The van der Waals surface area contributed by atoms with E-state index in [1.807, 2.05) is 6.07 Å². The lowest BCUT2D eigenvalue weighted by Gasteiger charge is -2.28. The second-order valence-electron chi connectivity index (χ2n) is 5.90. The Bertz CT molecular complexity index is 970. The number of morpholine rings is 1. The van der Waals surface area contributed by atoms with Crippen LogP contribution in [-0.2, 0) is 4.74 Å². The Hall–Kier alpha value is -3.26. The van der Waals surface area contributed by atoms with E-state index in [0.29, 0.717) is 54.3 Å². The van der Waals surface area contributed by atoms with Crippen LogP contribution < -0.4 is 4.90 Å². The highest BCUT2D eigenvalue weighted by atomic mass is 16.5. The van der Waals surface area contributed by atoms with Crippen LogP contribution in [-0.4, -0.2) is 57.8 Å². The van der Waals surface area contributed by atoms with Gasteiger partial charge in [-0.2, -0.15) is 0 Å². The molecule has 0 bridgehead atoms. The maximum absolute atomic E-state index is 9.78. The van der Waals surface area contributed by atoms with Gasteiger partial charge in [-0.3, -0.25) is 4.98 Å². The molecule has 1 saturated heterocycles. The number of rotatable bonds is 3. The third-order valence-electron chi connectivity index (χ3n) is 4.16. The standard InChI is InChI=1S/C18H17N5O3/c24-14-3-1-2-13(9-14)17-21-15-8-12(11-20-25)10-19-16(15)18(22-17)23-4-6-26-7-5-23/h1-3,8-11,24-25H,4-7H2/b20-11-. The number of aromatic hydroxyl groups is 1. The summed E-state index contributed by atoms with van der Waals surface area (Å²) in [6, 6.07) is 8.61. The third-order valence-corrected chi connectivity index (χ3v) is 4.16. The summed E-state index contributed by atoms with van der Waals surface area (Å²) in [7, 11) is 0. The van der Waals surface area contributed by atoms with Crippen molar-refractivity contribution < 1.29 is 15.1 Å². The third kappa shape index (κ3) is 3.14. The number of anilines is 1. The van der Waals surface area contributed by atoms with Gasteiger partial charge in [-0.1, -0.05) is 17.3 Å². The Morgan fingerprint density at radius 2 is 2.00 bits per heavy atom. The van der Waals surface area contributed by atoms with Gasteiger partial charge in [-0.15, -0.1) is 0 Å². The van der Waals surface area contributed by atoms with Crippen LogP contribution in [0.25, 0.3) is 22.4 Å². The molecule has 8 heteroatoms. The first-order valence-corrected chi connectivity index (χ1v) is 8.22. The van der Waals surface area contributed by atoms with Crippen LogP contribution in [0.15, 0.2) is 41.7 Å².